The van der Waals surface area contributed by atoms with Crippen molar-refractivity contribution in [1.82, 2.24) is 10.6 Å². The zero-order valence-electron chi connectivity index (χ0n) is 8.95. The lowest BCUT2D eigenvalue weighted by molar-refractivity contribution is -0.138. The van der Waals surface area contributed by atoms with Crippen LogP contribution in [0.5, 0.6) is 0 Å². The summed E-state index contributed by atoms with van der Waals surface area (Å²) in [4.78, 5) is 10.6. The van der Waals surface area contributed by atoms with Gasteiger partial charge in [0.05, 0.1) is 0 Å². The molecule has 0 amide bonds. The van der Waals surface area contributed by atoms with Crippen molar-refractivity contribution >= 4 is 23.3 Å². The van der Waals surface area contributed by atoms with Crippen LogP contribution in [0.4, 0.5) is 0 Å². The Morgan fingerprint density at radius 3 is 2.53 bits per heavy atom. The molecule has 0 aromatic heterocycles. The maximum absolute atomic E-state index is 10.6. The van der Waals surface area contributed by atoms with Crippen LogP contribution in [-0.2, 0) is 4.79 Å². The highest BCUT2D eigenvalue weighted by molar-refractivity contribution is 7.80. The molecule has 1 aliphatic rings. The van der Waals surface area contributed by atoms with E-state index in [4.69, 9.17) is 17.3 Å². The van der Waals surface area contributed by atoms with Gasteiger partial charge in [0.2, 0.25) is 0 Å². The van der Waals surface area contributed by atoms with Crippen LogP contribution in [0.25, 0.3) is 0 Å². The number of carboxylic acids is 1. The van der Waals surface area contributed by atoms with Crippen molar-refractivity contribution in [2.24, 2.45) is 0 Å². The Hall–Kier alpha value is -0.840. The van der Waals surface area contributed by atoms with Gasteiger partial charge in [-0.2, -0.15) is 0 Å². The maximum atomic E-state index is 10.6. The second-order valence-electron chi connectivity index (χ2n) is 4.01. The fraction of sp³-hybridized carbons (Fsp3) is 0.800. The minimum atomic E-state index is -0.886. The van der Waals surface area contributed by atoms with Gasteiger partial charge in [-0.25, -0.2) is 0 Å². The van der Waals surface area contributed by atoms with Crippen molar-refractivity contribution in [3.05, 3.63) is 0 Å². The molecule has 1 saturated carbocycles. The molecular weight excluding hydrogens is 212 g/mol. The molecule has 0 bridgehead atoms. The Morgan fingerprint density at radius 2 is 2.00 bits per heavy atom. The Balaban J connectivity index is 2.25. The number of thiocarbonyl (C=S) groups is 1. The number of hydrogen-bond donors (Lipinski definition) is 3. The fourth-order valence-electron chi connectivity index (χ4n) is 1.73. The van der Waals surface area contributed by atoms with E-state index in [1.165, 1.54) is 19.3 Å². The van der Waals surface area contributed by atoms with Crippen LogP contribution in [0.3, 0.4) is 0 Å². The fourth-order valence-corrected chi connectivity index (χ4v) is 2.08. The van der Waals surface area contributed by atoms with Crippen molar-refractivity contribution in [1.29, 1.82) is 0 Å². The van der Waals surface area contributed by atoms with Gasteiger partial charge in [-0.3, -0.25) is 4.79 Å². The predicted octanol–water partition coefficient (Wildman–Crippen LogP) is 1.26. The minimum Gasteiger partial charge on any atom is -0.480 e. The van der Waals surface area contributed by atoms with Crippen LogP contribution in [0.1, 0.15) is 39.0 Å². The van der Waals surface area contributed by atoms with E-state index in [1.807, 2.05) is 0 Å². The molecule has 4 nitrogen and oxygen atoms in total. The third-order valence-corrected chi connectivity index (χ3v) is 2.89. The molecule has 0 aromatic carbocycles. The zero-order valence-corrected chi connectivity index (χ0v) is 9.77. The Labute approximate surface area is 95.4 Å². The largest absolute Gasteiger partial charge is 0.480 e. The summed E-state index contributed by atoms with van der Waals surface area (Å²) in [5.41, 5.74) is 0. The molecule has 0 aliphatic heterocycles. The van der Waals surface area contributed by atoms with Crippen LogP contribution in [0, 0.1) is 0 Å². The predicted molar refractivity (Wildman–Crippen MR) is 62.8 cm³/mol. The molecule has 0 aromatic rings. The molecule has 1 aliphatic carbocycles. The van der Waals surface area contributed by atoms with E-state index in [2.05, 4.69) is 10.6 Å². The lowest BCUT2D eigenvalue weighted by atomic mass is 9.96. The molecule has 3 N–H and O–H groups in total. The van der Waals surface area contributed by atoms with Crippen LogP contribution < -0.4 is 10.6 Å². The number of aliphatic carboxylic acids is 1. The summed E-state index contributed by atoms with van der Waals surface area (Å²) in [6, 6.07) is -0.215. The Morgan fingerprint density at radius 1 is 1.40 bits per heavy atom. The topological polar surface area (TPSA) is 61.4 Å². The Bertz CT molecular complexity index is 240. The van der Waals surface area contributed by atoms with E-state index in [-0.39, 0.29) is 0 Å². The maximum Gasteiger partial charge on any atom is 0.325 e. The second kappa shape index (κ2) is 5.90. The van der Waals surface area contributed by atoms with Crippen molar-refractivity contribution in [2.45, 2.75) is 51.1 Å². The van der Waals surface area contributed by atoms with E-state index < -0.39 is 12.0 Å². The zero-order chi connectivity index (χ0) is 11.3. The monoisotopic (exact) mass is 230 g/mol. The van der Waals surface area contributed by atoms with E-state index in [9.17, 15) is 4.79 Å². The van der Waals surface area contributed by atoms with E-state index in [0.717, 1.165) is 12.8 Å². The summed E-state index contributed by atoms with van der Waals surface area (Å²) in [6.07, 6.45) is 6.01. The van der Waals surface area contributed by atoms with Crippen LogP contribution in [0.15, 0.2) is 0 Å². The van der Waals surface area contributed by atoms with Gasteiger partial charge in [-0.05, 0) is 32.0 Å². The highest BCUT2D eigenvalue weighted by atomic mass is 32.1. The van der Waals surface area contributed by atoms with Gasteiger partial charge in [0.15, 0.2) is 5.11 Å². The third kappa shape index (κ3) is 4.46. The molecule has 0 saturated heterocycles. The molecule has 1 atom stereocenters. The summed E-state index contributed by atoms with van der Waals surface area (Å²) in [5, 5.41) is 15.1. The molecule has 0 heterocycles. The first-order chi connectivity index (χ1) is 7.09. The van der Waals surface area contributed by atoms with Gasteiger partial charge in [0.1, 0.15) is 6.04 Å². The summed E-state index contributed by atoms with van der Waals surface area (Å²) < 4.78 is 0. The van der Waals surface area contributed by atoms with Gasteiger partial charge in [0.25, 0.3) is 0 Å². The summed E-state index contributed by atoms with van der Waals surface area (Å²) in [7, 11) is 0. The standard InChI is InChI=1S/C10H18N2O2S/c1-7(9(13)14)11-10(15)12-8-5-3-2-4-6-8/h7-8H,2-6H2,1H3,(H,13,14)(H2,11,12,15)/t7-/m1/s1. The van der Waals surface area contributed by atoms with Crippen LogP contribution in [0.2, 0.25) is 0 Å². The quantitative estimate of drug-likeness (QED) is 0.637. The lowest BCUT2D eigenvalue weighted by Crippen LogP contribution is -2.48. The first kappa shape index (κ1) is 12.2. The first-order valence-electron chi connectivity index (χ1n) is 5.39. The number of carbonyl (C=O) groups is 1. The highest BCUT2D eigenvalue weighted by Crippen LogP contribution is 2.17. The highest BCUT2D eigenvalue weighted by Gasteiger charge is 2.16. The van der Waals surface area contributed by atoms with Crippen LogP contribution >= 0.6 is 12.2 Å². The number of rotatable bonds is 3. The molecule has 15 heavy (non-hydrogen) atoms. The van der Waals surface area contributed by atoms with Crippen molar-refractivity contribution < 1.29 is 9.90 Å². The SMILES string of the molecule is C[C@@H](NC(=S)NC1CCCCC1)C(=O)O. The lowest BCUT2D eigenvalue weighted by Gasteiger charge is -2.25. The Kier molecular flexibility index (Phi) is 4.81. The van der Waals surface area contributed by atoms with Gasteiger partial charge >= 0.3 is 5.97 Å². The van der Waals surface area contributed by atoms with Gasteiger partial charge in [0, 0.05) is 6.04 Å². The number of hydrogen-bond acceptors (Lipinski definition) is 2. The van der Waals surface area contributed by atoms with Crippen LogP contribution in [-0.4, -0.2) is 28.3 Å². The van der Waals surface area contributed by atoms with Crippen molar-refractivity contribution in [3.63, 3.8) is 0 Å². The summed E-state index contributed by atoms with van der Waals surface area (Å²) in [5.74, 6) is -0.886. The summed E-state index contributed by atoms with van der Waals surface area (Å²) in [6.45, 7) is 1.58. The van der Waals surface area contributed by atoms with Gasteiger partial charge < -0.3 is 15.7 Å². The molecule has 86 valence electrons. The molecule has 0 radical (unpaired) electrons. The van der Waals surface area contributed by atoms with Crippen molar-refractivity contribution in [3.8, 4) is 0 Å². The molecule has 5 heteroatoms. The normalized spacial score (nSPS) is 19.3. The number of carboxylic acid groups (broad SMARTS) is 1. The first-order valence-corrected chi connectivity index (χ1v) is 5.80. The smallest absolute Gasteiger partial charge is 0.325 e. The molecule has 1 fully saturated rings. The minimum absolute atomic E-state index is 0.416. The molecule has 1 rings (SSSR count). The van der Waals surface area contributed by atoms with E-state index >= 15 is 0 Å². The van der Waals surface area contributed by atoms with Crippen molar-refractivity contribution in [2.75, 3.05) is 0 Å². The average molecular weight is 230 g/mol. The summed E-state index contributed by atoms with van der Waals surface area (Å²) >= 11 is 5.04. The third-order valence-electron chi connectivity index (χ3n) is 2.66. The van der Waals surface area contributed by atoms with Gasteiger partial charge in [-0.15, -0.1) is 0 Å². The molecular formula is C10H18N2O2S. The number of nitrogens with one attached hydrogen (secondary N) is 2. The molecule has 0 unspecified atom stereocenters. The molecule has 0 spiro atoms. The average Bonchev–Trinajstić information content (AvgIpc) is 2.18. The van der Waals surface area contributed by atoms with E-state index in [1.54, 1.807) is 6.92 Å². The van der Waals surface area contributed by atoms with Gasteiger partial charge in [-0.1, -0.05) is 19.3 Å². The second-order valence-corrected chi connectivity index (χ2v) is 4.42. The van der Waals surface area contributed by atoms with E-state index in [0.29, 0.717) is 11.2 Å².